The summed E-state index contributed by atoms with van der Waals surface area (Å²) in [6, 6.07) is 8.54. The highest BCUT2D eigenvalue weighted by Gasteiger charge is 2.09. The molecule has 0 saturated carbocycles. The third-order valence-corrected chi connectivity index (χ3v) is 3.03. The third-order valence-electron chi connectivity index (χ3n) is 3.03. The lowest BCUT2D eigenvalue weighted by Crippen LogP contribution is -2.21. The van der Waals surface area contributed by atoms with E-state index >= 15 is 0 Å². The molecule has 0 amide bonds. The Hall–Kier alpha value is -1.06. The van der Waals surface area contributed by atoms with Crippen LogP contribution in [0, 0.1) is 0 Å². The lowest BCUT2D eigenvalue weighted by atomic mass is 10.1. The predicted molar refractivity (Wildman–Crippen MR) is 79.8 cm³/mol. The molecule has 0 spiro atoms. The molecule has 0 fully saturated rings. The molecule has 0 bridgehead atoms. The maximum absolute atomic E-state index is 5.66. The van der Waals surface area contributed by atoms with Gasteiger partial charge in [0, 0.05) is 6.61 Å². The smallest absolute Gasteiger partial charge is 0.119 e. The quantitative estimate of drug-likeness (QED) is 0.656. The number of unbranched alkanes of at least 4 members (excludes halogenated alkanes) is 1. The molecule has 0 heterocycles. The number of nitrogens with one attached hydrogen (secondary N) is 1. The Morgan fingerprint density at radius 2 is 1.79 bits per heavy atom. The van der Waals surface area contributed by atoms with Crippen LogP contribution in [0.15, 0.2) is 24.3 Å². The molecule has 0 aliphatic heterocycles. The van der Waals surface area contributed by atoms with Crippen molar-refractivity contribution in [2.75, 3.05) is 26.9 Å². The van der Waals surface area contributed by atoms with Gasteiger partial charge in [-0.1, -0.05) is 32.4 Å². The van der Waals surface area contributed by atoms with Gasteiger partial charge < -0.3 is 14.8 Å². The number of ether oxygens (including phenoxy) is 2. The zero-order valence-corrected chi connectivity index (χ0v) is 12.4. The van der Waals surface area contributed by atoms with Crippen LogP contribution in [0.3, 0.4) is 0 Å². The maximum Gasteiger partial charge on any atom is 0.119 e. The summed E-state index contributed by atoms with van der Waals surface area (Å²) in [4.78, 5) is 0. The van der Waals surface area contributed by atoms with Gasteiger partial charge in [-0.2, -0.15) is 0 Å². The predicted octanol–water partition coefficient (Wildman–Crippen LogP) is 3.55. The molecule has 3 nitrogen and oxygen atoms in total. The van der Waals surface area contributed by atoms with Crippen LogP contribution in [-0.4, -0.2) is 26.9 Å². The van der Waals surface area contributed by atoms with Gasteiger partial charge in [-0.25, -0.2) is 0 Å². The van der Waals surface area contributed by atoms with Gasteiger partial charge in [-0.05, 0) is 37.6 Å². The van der Waals surface area contributed by atoms with Gasteiger partial charge in [0.15, 0.2) is 0 Å². The Bertz CT molecular complexity index is 324. The Labute approximate surface area is 117 Å². The molecule has 3 heteroatoms. The first-order valence-corrected chi connectivity index (χ1v) is 7.29. The van der Waals surface area contributed by atoms with Crippen molar-refractivity contribution in [3.63, 3.8) is 0 Å². The van der Waals surface area contributed by atoms with Crippen LogP contribution in [0.4, 0.5) is 0 Å². The van der Waals surface area contributed by atoms with Gasteiger partial charge in [-0.15, -0.1) is 0 Å². The van der Waals surface area contributed by atoms with Crippen LogP contribution >= 0.6 is 0 Å². The number of benzene rings is 1. The standard InChI is InChI=1S/C16H27NO2/c1-4-6-12-19-15-9-7-14(8-10-15)16(17-3)13-18-11-5-2/h7-10,16-17H,4-6,11-13H2,1-3H3. The summed E-state index contributed by atoms with van der Waals surface area (Å²) in [7, 11) is 1.96. The topological polar surface area (TPSA) is 30.5 Å². The Morgan fingerprint density at radius 3 is 2.37 bits per heavy atom. The molecule has 1 N–H and O–H groups in total. The van der Waals surface area contributed by atoms with Crippen LogP contribution in [0.5, 0.6) is 5.75 Å². The maximum atomic E-state index is 5.66. The van der Waals surface area contributed by atoms with E-state index in [2.05, 4.69) is 31.3 Å². The van der Waals surface area contributed by atoms with E-state index in [1.165, 1.54) is 5.56 Å². The van der Waals surface area contributed by atoms with E-state index in [-0.39, 0.29) is 6.04 Å². The average Bonchev–Trinajstić information content (AvgIpc) is 2.45. The Morgan fingerprint density at radius 1 is 1.05 bits per heavy atom. The second-order valence-electron chi connectivity index (χ2n) is 4.69. The molecule has 0 radical (unpaired) electrons. The zero-order chi connectivity index (χ0) is 13.9. The summed E-state index contributed by atoms with van der Waals surface area (Å²) < 4.78 is 11.3. The summed E-state index contributed by atoms with van der Waals surface area (Å²) in [5.74, 6) is 0.946. The summed E-state index contributed by atoms with van der Waals surface area (Å²) in [5.41, 5.74) is 1.24. The second-order valence-corrected chi connectivity index (χ2v) is 4.69. The minimum Gasteiger partial charge on any atom is -0.494 e. The van der Waals surface area contributed by atoms with Crippen LogP contribution in [0.2, 0.25) is 0 Å². The number of hydrogen-bond donors (Lipinski definition) is 1. The third kappa shape index (κ3) is 6.08. The minimum absolute atomic E-state index is 0.247. The first-order chi connectivity index (χ1) is 9.31. The summed E-state index contributed by atoms with van der Waals surface area (Å²) in [5, 5.41) is 3.28. The van der Waals surface area contributed by atoms with Crippen molar-refractivity contribution < 1.29 is 9.47 Å². The van der Waals surface area contributed by atoms with Crippen molar-refractivity contribution in [3.8, 4) is 5.75 Å². The van der Waals surface area contributed by atoms with Crippen molar-refractivity contribution in [1.82, 2.24) is 5.32 Å². The highest BCUT2D eigenvalue weighted by Crippen LogP contribution is 2.18. The molecule has 0 aliphatic rings. The van der Waals surface area contributed by atoms with Crippen LogP contribution in [-0.2, 0) is 4.74 Å². The van der Waals surface area contributed by atoms with Crippen molar-refractivity contribution >= 4 is 0 Å². The van der Waals surface area contributed by atoms with Crippen molar-refractivity contribution in [3.05, 3.63) is 29.8 Å². The number of rotatable bonds is 10. The van der Waals surface area contributed by atoms with E-state index in [9.17, 15) is 0 Å². The van der Waals surface area contributed by atoms with E-state index in [1.807, 2.05) is 19.2 Å². The molecule has 1 aromatic rings. The lowest BCUT2D eigenvalue weighted by molar-refractivity contribution is 0.114. The molecular weight excluding hydrogens is 238 g/mol. The van der Waals surface area contributed by atoms with E-state index in [0.29, 0.717) is 6.61 Å². The normalized spacial score (nSPS) is 12.4. The molecule has 0 aromatic heterocycles. The first-order valence-electron chi connectivity index (χ1n) is 7.29. The summed E-state index contributed by atoms with van der Waals surface area (Å²) in [6.07, 6.45) is 3.32. The molecule has 1 rings (SSSR count). The van der Waals surface area contributed by atoms with Crippen molar-refractivity contribution in [2.45, 2.75) is 39.2 Å². The Balaban J connectivity index is 2.47. The largest absolute Gasteiger partial charge is 0.494 e. The fourth-order valence-electron chi connectivity index (χ4n) is 1.82. The molecule has 1 aromatic carbocycles. The monoisotopic (exact) mass is 265 g/mol. The lowest BCUT2D eigenvalue weighted by Gasteiger charge is -2.17. The molecular formula is C16H27NO2. The fraction of sp³-hybridized carbons (Fsp3) is 0.625. The summed E-state index contributed by atoms with van der Waals surface area (Å²) in [6.45, 7) is 6.61. The first kappa shape index (κ1) is 16.0. The molecule has 1 unspecified atom stereocenters. The van der Waals surface area contributed by atoms with Crippen molar-refractivity contribution in [1.29, 1.82) is 0 Å². The molecule has 108 valence electrons. The number of hydrogen-bond acceptors (Lipinski definition) is 3. The van der Waals surface area contributed by atoms with Crippen LogP contribution in [0.1, 0.15) is 44.7 Å². The van der Waals surface area contributed by atoms with Gasteiger partial charge in [0.1, 0.15) is 5.75 Å². The van der Waals surface area contributed by atoms with E-state index in [1.54, 1.807) is 0 Å². The van der Waals surface area contributed by atoms with Gasteiger partial charge in [-0.3, -0.25) is 0 Å². The van der Waals surface area contributed by atoms with Crippen LogP contribution < -0.4 is 10.1 Å². The van der Waals surface area contributed by atoms with Gasteiger partial charge in [0.05, 0.1) is 19.3 Å². The minimum atomic E-state index is 0.247. The molecule has 19 heavy (non-hydrogen) atoms. The fourth-order valence-corrected chi connectivity index (χ4v) is 1.82. The highest BCUT2D eigenvalue weighted by atomic mass is 16.5. The molecule has 1 atom stereocenters. The van der Waals surface area contributed by atoms with Crippen LogP contribution in [0.25, 0.3) is 0 Å². The zero-order valence-electron chi connectivity index (χ0n) is 12.4. The summed E-state index contributed by atoms with van der Waals surface area (Å²) >= 11 is 0. The average molecular weight is 265 g/mol. The van der Waals surface area contributed by atoms with E-state index < -0.39 is 0 Å². The molecule has 0 aliphatic carbocycles. The van der Waals surface area contributed by atoms with Gasteiger partial charge in [0.25, 0.3) is 0 Å². The number of likely N-dealkylation sites (N-methyl/N-ethyl adjacent to an activating group) is 1. The molecule has 0 saturated heterocycles. The highest BCUT2D eigenvalue weighted by molar-refractivity contribution is 5.29. The second kappa shape index (κ2) is 9.82. The SMILES string of the molecule is CCCCOc1ccc(C(COCCC)NC)cc1. The van der Waals surface area contributed by atoms with E-state index in [4.69, 9.17) is 9.47 Å². The van der Waals surface area contributed by atoms with E-state index in [0.717, 1.165) is 38.2 Å². The van der Waals surface area contributed by atoms with Gasteiger partial charge in [0.2, 0.25) is 0 Å². The van der Waals surface area contributed by atoms with Crippen molar-refractivity contribution in [2.24, 2.45) is 0 Å². The van der Waals surface area contributed by atoms with Gasteiger partial charge >= 0.3 is 0 Å². The Kier molecular flexibility index (Phi) is 8.26.